The van der Waals surface area contributed by atoms with Crippen molar-refractivity contribution in [3.05, 3.63) is 49.9 Å². The lowest BCUT2D eigenvalue weighted by atomic mass is 10.1. The standard InChI is InChI=1S/C16H19BrN2S/c1-3-13-9-18-16(20-13)10(2)19-15-7-4-11-8-12(17)5-6-14(11)15/h5-6,8-10,15,19H,3-4,7H2,1-2H3. The molecule has 0 saturated carbocycles. The van der Waals surface area contributed by atoms with Crippen LogP contribution >= 0.6 is 27.3 Å². The van der Waals surface area contributed by atoms with E-state index in [1.807, 2.05) is 17.5 Å². The van der Waals surface area contributed by atoms with Crippen molar-refractivity contribution in [3.63, 3.8) is 0 Å². The zero-order chi connectivity index (χ0) is 14.1. The summed E-state index contributed by atoms with van der Waals surface area (Å²) in [5.74, 6) is 0. The Balaban J connectivity index is 1.73. The molecule has 1 aliphatic carbocycles. The fraction of sp³-hybridized carbons (Fsp3) is 0.438. The largest absolute Gasteiger partial charge is 0.301 e. The van der Waals surface area contributed by atoms with Gasteiger partial charge in [0.2, 0.25) is 0 Å². The molecule has 2 nitrogen and oxygen atoms in total. The van der Waals surface area contributed by atoms with Crippen molar-refractivity contribution in [2.24, 2.45) is 0 Å². The molecule has 1 N–H and O–H groups in total. The average Bonchev–Trinajstić information content (AvgIpc) is 3.05. The maximum Gasteiger partial charge on any atom is 0.109 e. The first-order valence-corrected chi connectivity index (χ1v) is 8.77. The van der Waals surface area contributed by atoms with E-state index in [9.17, 15) is 0 Å². The number of fused-ring (bicyclic) bond motifs is 1. The molecule has 0 spiro atoms. The normalized spacial score (nSPS) is 19.1. The van der Waals surface area contributed by atoms with E-state index in [1.54, 1.807) is 0 Å². The van der Waals surface area contributed by atoms with Gasteiger partial charge in [-0.25, -0.2) is 4.98 Å². The maximum absolute atomic E-state index is 4.55. The summed E-state index contributed by atoms with van der Waals surface area (Å²) >= 11 is 5.38. The first-order chi connectivity index (χ1) is 9.67. The Morgan fingerprint density at radius 2 is 2.35 bits per heavy atom. The number of nitrogens with zero attached hydrogens (tertiary/aromatic N) is 1. The topological polar surface area (TPSA) is 24.9 Å². The van der Waals surface area contributed by atoms with Crippen LogP contribution in [0.25, 0.3) is 0 Å². The molecule has 1 aromatic carbocycles. The average molecular weight is 351 g/mol. The van der Waals surface area contributed by atoms with Crippen molar-refractivity contribution in [1.82, 2.24) is 10.3 Å². The predicted octanol–water partition coefficient (Wildman–Crippen LogP) is 4.81. The molecule has 0 aliphatic heterocycles. The molecular weight excluding hydrogens is 332 g/mol. The van der Waals surface area contributed by atoms with Gasteiger partial charge in [0.1, 0.15) is 5.01 Å². The second kappa shape index (κ2) is 5.96. The molecule has 0 radical (unpaired) electrons. The highest BCUT2D eigenvalue weighted by Crippen LogP contribution is 2.35. The zero-order valence-electron chi connectivity index (χ0n) is 11.8. The summed E-state index contributed by atoms with van der Waals surface area (Å²) in [5, 5.41) is 4.94. The van der Waals surface area contributed by atoms with Gasteiger partial charge in [-0.3, -0.25) is 0 Å². The van der Waals surface area contributed by atoms with E-state index >= 15 is 0 Å². The number of hydrogen-bond acceptors (Lipinski definition) is 3. The maximum atomic E-state index is 4.55. The first kappa shape index (κ1) is 14.2. The van der Waals surface area contributed by atoms with Gasteiger partial charge >= 0.3 is 0 Å². The molecule has 0 amide bonds. The fourth-order valence-corrected chi connectivity index (χ4v) is 4.10. The minimum absolute atomic E-state index is 0.319. The molecule has 2 atom stereocenters. The lowest BCUT2D eigenvalue weighted by Crippen LogP contribution is -2.22. The summed E-state index contributed by atoms with van der Waals surface area (Å²) in [7, 11) is 0. The second-order valence-electron chi connectivity index (χ2n) is 5.34. The molecule has 1 aromatic heterocycles. The SMILES string of the molecule is CCc1cnc(C(C)NC2CCc3cc(Br)ccc32)s1. The van der Waals surface area contributed by atoms with Crippen LogP contribution in [0.15, 0.2) is 28.9 Å². The summed E-state index contributed by atoms with van der Waals surface area (Å²) in [5.41, 5.74) is 2.92. The van der Waals surface area contributed by atoms with E-state index in [0.717, 1.165) is 12.8 Å². The Morgan fingerprint density at radius 3 is 3.10 bits per heavy atom. The molecule has 4 heteroatoms. The van der Waals surface area contributed by atoms with Crippen LogP contribution in [0, 0.1) is 0 Å². The molecule has 0 bridgehead atoms. The van der Waals surface area contributed by atoms with E-state index in [4.69, 9.17) is 0 Å². The van der Waals surface area contributed by atoms with Crippen LogP contribution in [0.4, 0.5) is 0 Å². The molecule has 0 saturated heterocycles. The Bertz CT molecular complexity index is 608. The summed E-state index contributed by atoms with van der Waals surface area (Å²) in [6, 6.07) is 7.42. The van der Waals surface area contributed by atoms with Crippen LogP contribution in [-0.4, -0.2) is 4.98 Å². The Labute approximate surface area is 132 Å². The van der Waals surface area contributed by atoms with E-state index in [2.05, 4.69) is 58.3 Å². The van der Waals surface area contributed by atoms with E-state index in [1.165, 1.54) is 31.9 Å². The van der Waals surface area contributed by atoms with E-state index < -0.39 is 0 Å². The Morgan fingerprint density at radius 1 is 1.50 bits per heavy atom. The number of thiazole rings is 1. The first-order valence-electron chi connectivity index (χ1n) is 7.16. The fourth-order valence-electron chi connectivity index (χ4n) is 2.82. The van der Waals surface area contributed by atoms with Crippen LogP contribution < -0.4 is 5.32 Å². The minimum atomic E-state index is 0.319. The highest BCUT2D eigenvalue weighted by molar-refractivity contribution is 9.10. The molecular formula is C16H19BrN2S. The molecule has 2 unspecified atom stereocenters. The number of halogens is 1. The van der Waals surface area contributed by atoms with Gasteiger partial charge in [-0.15, -0.1) is 11.3 Å². The molecule has 0 fully saturated rings. The molecule has 1 aliphatic rings. The van der Waals surface area contributed by atoms with E-state index in [-0.39, 0.29) is 0 Å². The molecule has 1 heterocycles. The summed E-state index contributed by atoms with van der Waals surface area (Å²) in [6.07, 6.45) is 5.43. The number of rotatable bonds is 4. The second-order valence-corrected chi connectivity index (χ2v) is 7.40. The molecule has 2 aromatic rings. The van der Waals surface area contributed by atoms with Crippen LogP contribution in [0.5, 0.6) is 0 Å². The molecule has 3 rings (SSSR count). The van der Waals surface area contributed by atoms with Gasteiger partial charge in [-0.05, 0) is 49.4 Å². The third-order valence-corrected chi connectivity index (χ3v) is 5.74. The van der Waals surface area contributed by atoms with Crippen molar-refractivity contribution >= 4 is 27.3 Å². The van der Waals surface area contributed by atoms with Gasteiger partial charge in [0.05, 0.1) is 6.04 Å². The van der Waals surface area contributed by atoms with Crippen LogP contribution in [0.2, 0.25) is 0 Å². The third-order valence-electron chi connectivity index (χ3n) is 3.92. The van der Waals surface area contributed by atoms with Gasteiger partial charge < -0.3 is 5.32 Å². The van der Waals surface area contributed by atoms with Gasteiger partial charge in [0.15, 0.2) is 0 Å². The van der Waals surface area contributed by atoms with Gasteiger partial charge in [0, 0.05) is 21.6 Å². The smallest absolute Gasteiger partial charge is 0.109 e. The molecule has 106 valence electrons. The minimum Gasteiger partial charge on any atom is -0.301 e. The lowest BCUT2D eigenvalue weighted by molar-refractivity contribution is 0.464. The van der Waals surface area contributed by atoms with Crippen molar-refractivity contribution in [1.29, 1.82) is 0 Å². The van der Waals surface area contributed by atoms with E-state index in [0.29, 0.717) is 12.1 Å². The summed E-state index contributed by atoms with van der Waals surface area (Å²) in [4.78, 5) is 5.91. The molecule has 20 heavy (non-hydrogen) atoms. The lowest BCUT2D eigenvalue weighted by Gasteiger charge is -2.18. The van der Waals surface area contributed by atoms with Crippen molar-refractivity contribution in [2.75, 3.05) is 0 Å². The Kier molecular flexibility index (Phi) is 4.24. The summed E-state index contributed by atoms with van der Waals surface area (Å²) in [6.45, 7) is 4.40. The summed E-state index contributed by atoms with van der Waals surface area (Å²) < 4.78 is 1.18. The third kappa shape index (κ3) is 2.83. The quantitative estimate of drug-likeness (QED) is 0.855. The number of hydrogen-bond donors (Lipinski definition) is 1. The van der Waals surface area contributed by atoms with Crippen LogP contribution in [-0.2, 0) is 12.8 Å². The van der Waals surface area contributed by atoms with Gasteiger partial charge in [0.25, 0.3) is 0 Å². The van der Waals surface area contributed by atoms with Gasteiger partial charge in [-0.1, -0.05) is 28.9 Å². The zero-order valence-corrected chi connectivity index (χ0v) is 14.2. The van der Waals surface area contributed by atoms with Crippen molar-refractivity contribution in [3.8, 4) is 0 Å². The number of nitrogens with one attached hydrogen (secondary N) is 1. The van der Waals surface area contributed by atoms with Crippen molar-refractivity contribution < 1.29 is 0 Å². The Hall–Kier alpha value is -0.710. The van der Waals surface area contributed by atoms with Crippen LogP contribution in [0.3, 0.4) is 0 Å². The monoisotopic (exact) mass is 350 g/mol. The highest BCUT2D eigenvalue weighted by Gasteiger charge is 2.24. The van der Waals surface area contributed by atoms with Crippen molar-refractivity contribution in [2.45, 2.75) is 45.2 Å². The predicted molar refractivity (Wildman–Crippen MR) is 88.2 cm³/mol. The number of benzene rings is 1. The van der Waals surface area contributed by atoms with Gasteiger partial charge in [-0.2, -0.15) is 0 Å². The van der Waals surface area contributed by atoms with Crippen LogP contribution in [0.1, 0.15) is 53.4 Å². The highest BCUT2D eigenvalue weighted by atomic mass is 79.9. The number of aryl methyl sites for hydroxylation is 2. The number of aromatic nitrogens is 1.